The van der Waals surface area contributed by atoms with Gasteiger partial charge in [0.2, 0.25) is 0 Å². The molecule has 1 aromatic rings. The second-order valence-electron chi connectivity index (χ2n) is 4.99. The zero-order valence-corrected chi connectivity index (χ0v) is 10.9. The minimum Gasteiger partial charge on any atom is -0.377 e. The maximum Gasteiger partial charge on any atom is 0.416 e. The molecule has 2 rings (SSSR count). The fraction of sp³-hybridized carbons (Fsp3) is 0.571. The van der Waals surface area contributed by atoms with Gasteiger partial charge in [0.25, 0.3) is 0 Å². The summed E-state index contributed by atoms with van der Waals surface area (Å²) in [7, 11) is 1.83. The smallest absolute Gasteiger partial charge is 0.377 e. The van der Waals surface area contributed by atoms with Crippen molar-refractivity contribution in [1.82, 2.24) is 4.90 Å². The molecular weight excluding hydrogens is 255 g/mol. The van der Waals surface area contributed by atoms with Gasteiger partial charge in [0, 0.05) is 19.7 Å². The molecule has 0 radical (unpaired) electrons. The number of hydrogen-bond donors (Lipinski definition) is 0. The lowest BCUT2D eigenvalue weighted by molar-refractivity contribution is -0.138. The summed E-state index contributed by atoms with van der Waals surface area (Å²) >= 11 is 0. The van der Waals surface area contributed by atoms with Crippen molar-refractivity contribution in [1.29, 1.82) is 0 Å². The van der Waals surface area contributed by atoms with E-state index in [-0.39, 0.29) is 12.6 Å². The van der Waals surface area contributed by atoms with Crippen LogP contribution in [0.2, 0.25) is 0 Å². The van der Waals surface area contributed by atoms with Gasteiger partial charge in [0.05, 0.1) is 11.7 Å². The number of alkyl halides is 3. The van der Waals surface area contributed by atoms with E-state index < -0.39 is 11.7 Å². The van der Waals surface area contributed by atoms with Crippen LogP contribution in [0, 0.1) is 0 Å². The van der Waals surface area contributed by atoms with E-state index in [9.17, 15) is 13.2 Å². The number of ether oxygens (including phenoxy) is 1. The molecule has 1 fully saturated rings. The molecule has 19 heavy (non-hydrogen) atoms. The minimum absolute atomic E-state index is 0.156. The van der Waals surface area contributed by atoms with E-state index in [1.54, 1.807) is 6.07 Å². The van der Waals surface area contributed by atoms with Crippen molar-refractivity contribution in [2.24, 2.45) is 0 Å². The summed E-state index contributed by atoms with van der Waals surface area (Å²) in [5, 5.41) is 0. The molecular formula is C14H18F3NO. The van der Waals surface area contributed by atoms with Gasteiger partial charge in [0.15, 0.2) is 0 Å². The van der Waals surface area contributed by atoms with Crippen molar-refractivity contribution < 1.29 is 17.9 Å². The van der Waals surface area contributed by atoms with Gasteiger partial charge in [-0.3, -0.25) is 4.90 Å². The standard InChI is InChI=1S/C14H18F3NO/c1-18(10-12-6-4-8-19-12)9-11-5-2-3-7-13(11)14(15,16)17/h2-3,5,7,12H,4,6,8-10H2,1H3. The van der Waals surface area contributed by atoms with Gasteiger partial charge in [-0.25, -0.2) is 0 Å². The van der Waals surface area contributed by atoms with Crippen LogP contribution in [0.5, 0.6) is 0 Å². The largest absolute Gasteiger partial charge is 0.416 e. The van der Waals surface area contributed by atoms with Gasteiger partial charge in [0.1, 0.15) is 0 Å². The van der Waals surface area contributed by atoms with Gasteiger partial charge < -0.3 is 4.74 Å². The van der Waals surface area contributed by atoms with E-state index in [0.29, 0.717) is 12.1 Å². The van der Waals surface area contributed by atoms with Crippen LogP contribution >= 0.6 is 0 Å². The molecule has 0 N–H and O–H groups in total. The molecule has 1 unspecified atom stereocenters. The lowest BCUT2D eigenvalue weighted by Crippen LogP contribution is -2.29. The molecule has 0 bridgehead atoms. The maximum absolute atomic E-state index is 12.9. The molecule has 5 heteroatoms. The number of hydrogen-bond acceptors (Lipinski definition) is 2. The summed E-state index contributed by atoms with van der Waals surface area (Å²) in [4.78, 5) is 1.89. The third-order valence-corrected chi connectivity index (χ3v) is 3.30. The third kappa shape index (κ3) is 3.94. The van der Waals surface area contributed by atoms with Crippen LogP contribution in [-0.4, -0.2) is 31.2 Å². The van der Waals surface area contributed by atoms with E-state index >= 15 is 0 Å². The number of halogens is 3. The first-order valence-corrected chi connectivity index (χ1v) is 6.42. The monoisotopic (exact) mass is 273 g/mol. The number of nitrogens with zero attached hydrogens (tertiary/aromatic N) is 1. The predicted molar refractivity (Wildman–Crippen MR) is 66.8 cm³/mol. The van der Waals surface area contributed by atoms with E-state index in [0.717, 1.165) is 25.5 Å². The summed E-state index contributed by atoms with van der Waals surface area (Å²) in [6.45, 7) is 1.72. The van der Waals surface area contributed by atoms with Gasteiger partial charge in [-0.05, 0) is 31.5 Å². The molecule has 1 atom stereocenters. The SMILES string of the molecule is CN(Cc1ccccc1C(F)(F)F)CC1CCCO1. The van der Waals surface area contributed by atoms with Crippen molar-refractivity contribution in [3.05, 3.63) is 35.4 Å². The fourth-order valence-corrected chi connectivity index (χ4v) is 2.43. The zero-order chi connectivity index (χ0) is 13.9. The van der Waals surface area contributed by atoms with Crippen LogP contribution in [0.3, 0.4) is 0 Å². The van der Waals surface area contributed by atoms with Crippen LogP contribution in [0.15, 0.2) is 24.3 Å². The molecule has 1 aliphatic rings. The molecule has 0 aromatic heterocycles. The Balaban J connectivity index is 2.01. The van der Waals surface area contributed by atoms with Crippen LogP contribution in [0.4, 0.5) is 13.2 Å². The van der Waals surface area contributed by atoms with Gasteiger partial charge in [-0.2, -0.15) is 13.2 Å². The average molecular weight is 273 g/mol. The predicted octanol–water partition coefficient (Wildman–Crippen LogP) is 3.32. The normalized spacial score (nSPS) is 20.2. The van der Waals surface area contributed by atoms with Crippen LogP contribution in [-0.2, 0) is 17.5 Å². The zero-order valence-electron chi connectivity index (χ0n) is 10.9. The molecule has 106 valence electrons. The first-order valence-electron chi connectivity index (χ1n) is 6.42. The van der Waals surface area contributed by atoms with Crippen molar-refractivity contribution >= 4 is 0 Å². The highest BCUT2D eigenvalue weighted by Crippen LogP contribution is 2.32. The Kier molecular flexibility index (Phi) is 4.47. The summed E-state index contributed by atoms with van der Waals surface area (Å²) in [6.07, 6.45) is -2.10. The first-order chi connectivity index (χ1) is 8.97. The highest BCUT2D eigenvalue weighted by molar-refractivity contribution is 5.29. The molecule has 2 nitrogen and oxygen atoms in total. The van der Waals surface area contributed by atoms with Crippen LogP contribution in [0.1, 0.15) is 24.0 Å². The van der Waals surface area contributed by atoms with Crippen molar-refractivity contribution in [2.45, 2.75) is 31.7 Å². The molecule has 1 aromatic carbocycles. The average Bonchev–Trinajstić information content (AvgIpc) is 2.81. The summed E-state index contributed by atoms with van der Waals surface area (Å²) < 4.78 is 44.1. The first kappa shape index (κ1) is 14.3. The second kappa shape index (κ2) is 5.92. The Labute approximate surface area is 111 Å². The summed E-state index contributed by atoms with van der Waals surface area (Å²) in [5.74, 6) is 0. The number of benzene rings is 1. The Hall–Kier alpha value is -1.07. The maximum atomic E-state index is 12.9. The van der Waals surface area contributed by atoms with E-state index in [1.807, 2.05) is 11.9 Å². The van der Waals surface area contributed by atoms with Crippen molar-refractivity contribution in [3.63, 3.8) is 0 Å². The molecule has 0 amide bonds. The minimum atomic E-state index is -4.29. The number of rotatable bonds is 4. The molecule has 1 aliphatic heterocycles. The Morgan fingerprint density at radius 2 is 2.05 bits per heavy atom. The topological polar surface area (TPSA) is 12.5 Å². The third-order valence-electron chi connectivity index (χ3n) is 3.30. The van der Waals surface area contributed by atoms with Crippen LogP contribution < -0.4 is 0 Å². The van der Waals surface area contributed by atoms with E-state index in [4.69, 9.17) is 4.74 Å². The Morgan fingerprint density at radius 1 is 1.32 bits per heavy atom. The lowest BCUT2D eigenvalue weighted by atomic mass is 10.1. The van der Waals surface area contributed by atoms with Crippen molar-refractivity contribution in [3.8, 4) is 0 Å². The van der Waals surface area contributed by atoms with Gasteiger partial charge >= 0.3 is 6.18 Å². The molecule has 0 spiro atoms. The Bertz CT molecular complexity index is 413. The summed E-state index contributed by atoms with van der Waals surface area (Å²) in [6, 6.07) is 5.74. The Morgan fingerprint density at radius 3 is 2.68 bits per heavy atom. The highest BCUT2D eigenvalue weighted by Gasteiger charge is 2.33. The molecule has 0 saturated carbocycles. The summed E-state index contributed by atoms with van der Waals surface area (Å²) in [5.41, 5.74) is -0.232. The second-order valence-corrected chi connectivity index (χ2v) is 4.99. The van der Waals surface area contributed by atoms with Crippen molar-refractivity contribution in [2.75, 3.05) is 20.2 Å². The van der Waals surface area contributed by atoms with Crippen LogP contribution in [0.25, 0.3) is 0 Å². The highest BCUT2D eigenvalue weighted by atomic mass is 19.4. The molecule has 0 aliphatic carbocycles. The molecule has 1 heterocycles. The van der Waals surface area contributed by atoms with Gasteiger partial charge in [-0.15, -0.1) is 0 Å². The quantitative estimate of drug-likeness (QED) is 0.834. The van der Waals surface area contributed by atoms with E-state index in [1.165, 1.54) is 12.1 Å². The lowest BCUT2D eigenvalue weighted by Gasteiger charge is -2.22. The van der Waals surface area contributed by atoms with E-state index in [2.05, 4.69) is 0 Å². The fourth-order valence-electron chi connectivity index (χ4n) is 2.43. The molecule has 1 saturated heterocycles. The number of likely N-dealkylation sites (N-methyl/N-ethyl adjacent to an activating group) is 1. The van der Waals surface area contributed by atoms with Gasteiger partial charge in [-0.1, -0.05) is 18.2 Å².